The minimum atomic E-state index is -0.309. The van der Waals surface area contributed by atoms with Gasteiger partial charge >= 0.3 is 0 Å². The van der Waals surface area contributed by atoms with Crippen LogP contribution in [-0.4, -0.2) is 19.0 Å². The third-order valence-electron chi connectivity index (χ3n) is 3.65. The first-order valence-corrected chi connectivity index (χ1v) is 6.33. The summed E-state index contributed by atoms with van der Waals surface area (Å²) < 4.78 is 0. The summed E-state index contributed by atoms with van der Waals surface area (Å²) in [4.78, 5) is 12.4. The fraction of sp³-hybridized carbons (Fsp3) is 0.500. The number of carbonyl (C=O) groups excluding carboxylic acids is 1. The molecule has 0 aliphatic heterocycles. The van der Waals surface area contributed by atoms with Crippen molar-refractivity contribution in [2.45, 2.75) is 31.1 Å². The van der Waals surface area contributed by atoms with Gasteiger partial charge in [-0.05, 0) is 18.4 Å². The molecule has 0 heterocycles. The van der Waals surface area contributed by atoms with E-state index in [1.807, 2.05) is 18.2 Å². The van der Waals surface area contributed by atoms with Crippen LogP contribution in [0.25, 0.3) is 0 Å². The van der Waals surface area contributed by atoms with E-state index in [0.717, 1.165) is 31.2 Å². The maximum Gasteiger partial charge on any atom is 0.230 e. The quantitative estimate of drug-likeness (QED) is 0.828. The Kier molecular flexibility index (Phi) is 3.79. The molecule has 0 aromatic heterocycles. The van der Waals surface area contributed by atoms with Crippen molar-refractivity contribution >= 4 is 5.91 Å². The topological polar surface area (TPSA) is 55.1 Å². The van der Waals surface area contributed by atoms with Gasteiger partial charge in [0, 0.05) is 13.1 Å². The van der Waals surface area contributed by atoms with Gasteiger partial charge in [-0.3, -0.25) is 4.79 Å². The maximum absolute atomic E-state index is 12.4. The van der Waals surface area contributed by atoms with E-state index in [9.17, 15) is 4.79 Å². The summed E-state index contributed by atoms with van der Waals surface area (Å²) in [6, 6.07) is 10.1. The Bertz CT molecular complexity index is 369. The molecule has 0 radical (unpaired) electrons. The van der Waals surface area contributed by atoms with E-state index in [2.05, 4.69) is 17.4 Å². The summed E-state index contributed by atoms with van der Waals surface area (Å²) >= 11 is 0. The van der Waals surface area contributed by atoms with Crippen LogP contribution in [0.5, 0.6) is 0 Å². The molecule has 3 N–H and O–H groups in total. The normalized spacial score (nSPS) is 17.9. The fourth-order valence-corrected chi connectivity index (χ4v) is 2.74. The lowest BCUT2D eigenvalue weighted by Gasteiger charge is -2.28. The molecule has 1 aliphatic carbocycles. The first-order valence-electron chi connectivity index (χ1n) is 6.33. The first-order chi connectivity index (χ1) is 8.29. The van der Waals surface area contributed by atoms with Crippen LogP contribution in [-0.2, 0) is 10.2 Å². The minimum Gasteiger partial charge on any atom is -0.354 e. The number of nitrogens with one attached hydrogen (secondary N) is 1. The van der Waals surface area contributed by atoms with Crippen LogP contribution in [0.15, 0.2) is 30.3 Å². The zero-order valence-electron chi connectivity index (χ0n) is 10.1. The molecule has 0 saturated heterocycles. The van der Waals surface area contributed by atoms with Crippen LogP contribution >= 0.6 is 0 Å². The highest BCUT2D eigenvalue weighted by Gasteiger charge is 2.42. The van der Waals surface area contributed by atoms with E-state index in [1.54, 1.807) is 0 Å². The van der Waals surface area contributed by atoms with Crippen LogP contribution in [0.2, 0.25) is 0 Å². The van der Waals surface area contributed by atoms with Crippen LogP contribution < -0.4 is 11.1 Å². The molecular formula is C14H20N2O. The van der Waals surface area contributed by atoms with Crippen molar-refractivity contribution in [3.63, 3.8) is 0 Å². The second-order valence-corrected chi connectivity index (χ2v) is 4.70. The van der Waals surface area contributed by atoms with Crippen LogP contribution in [0, 0.1) is 0 Å². The van der Waals surface area contributed by atoms with Gasteiger partial charge in [-0.1, -0.05) is 43.2 Å². The van der Waals surface area contributed by atoms with E-state index < -0.39 is 0 Å². The van der Waals surface area contributed by atoms with E-state index in [0.29, 0.717) is 13.1 Å². The van der Waals surface area contributed by atoms with Crippen molar-refractivity contribution < 1.29 is 4.79 Å². The van der Waals surface area contributed by atoms with E-state index in [1.165, 1.54) is 0 Å². The van der Waals surface area contributed by atoms with Gasteiger partial charge in [0.2, 0.25) is 5.91 Å². The van der Waals surface area contributed by atoms with Gasteiger partial charge in [0.25, 0.3) is 0 Å². The molecule has 0 atom stereocenters. The molecule has 1 aliphatic rings. The number of hydrogen-bond acceptors (Lipinski definition) is 2. The van der Waals surface area contributed by atoms with Gasteiger partial charge in [-0.25, -0.2) is 0 Å². The highest BCUT2D eigenvalue weighted by atomic mass is 16.2. The molecule has 1 aromatic rings. The Labute approximate surface area is 102 Å². The summed E-state index contributed by atoms with van der Waals surface area (Å²) in [5, 5.41) is 2.95. The molecule has 1 fully saturated rings. The zero-order chi connectivity index (χ0) is 12.1. The van der Waals surface area contributed by atoms with E-state index >= 15 is 0 Å². The Morgan fingerprint density at radius 1 is 1.24 bits per heavy atom. The predicted molar refractivity (Wildman–Crippen MR) is 68.7 cm³/mol. The number of rotatable bonds is 4. The molecule has 2 rings (SSSR count). The van der Waals surface area contributed by atoms with E-state index in [4.69, 9.17) is 5.73 Å². The lowest BCUT2D eigenvalue weighted by molar-refractivity contribution is -0.126. The summed E-state index contributed by atoms with van der Waals surface area (Å²) in [6.45, 7) is 1.06. The summed E-state index contributed by atoms with van der Waals surface area (Å²) in [6.07, 6.45) is 4.16. The third kappa shape index (κ3) is 2.34. The van der Waals surface area contributed by atoms with Crippen LogP contribution in [0.4, 0.5) is 0 Å². The Morgan fingerprint density at radius 2 is 1.88 bits per heavy atom. The van der Waals surface area contributed by atoms with E-state index in [-0.39, 0.29) is 11.3 Å². The largest absolute Gasteiger partial charge is 0.354 e. The summed E-state index contributed by atoms with van der Waals surface area (Å²) in [5.41, 5.74) is 6.28. The van der Waals surface area contributed by atoms with Gasteiger partial charge in [0.1, 0.15) is 0 Å². The highest BCUT2D eigenvalue weighted by molar-refractivity contribution is 5.88. The van der Waals surface area contributed by atoms with Gasteiger partial charge < -0.3 is 11.1 Å². The number of nitrogens with two attached hydrogens (primary N) is 1. The third-order valence-corrected chi connectivity index (χ3v) is 3.65. The molecule has 1 amide bonds. The van der Waals surface area contributed by atoms with Crippen molar-refractivity contribution in [2.75, 3.05) is 13.1 Å². The van der Waals surface area contributed by atoms with Crippen molar-refractivity contribution in [1.29, 1.82) is 0 Å². The Hall–Kier alpha value is -1.35. The van der Waals surface area contributed by atoms with Gasteiger partial charge in [0.05, 0.1) is 5.41 Å². The molecule has 1 saturated carbocycles. The Balaban J connectivity index is 2.24. The maximum atomic E-state index is 12.4. The number of benzene rings is 1. The standard InChI is InChI=1S/C14H20N2O/c15-10-11-16-13(17)14(8-4-5-9-14)12-6-2-1-3-7-12/h1-3,6-7H,4-5,8-11,15H2,(H,16,17). The second-order valence-electron chi connectivity index (χ2n) is 4.70. The average molecular weight is 232 g/mol. The van der Waals surface area contributed by atoms with Gasteiger partial charge in [0.15, 0.2) is 0 Å². The molecule has 3 nitrogen and oxygen atoms in total. The molecule has 0 unspecified atom stereocenters. The van der Waals surface area contributed by atoms with Crippen molar-refractivity contribution in [1.82, 2.24) is 5.32 Å². The average Bonchev–Trinajstić information content (AvgIpc) is 2.87. The fourth-order valence-electron chi connectivity index (χ4n) is 2.74. The van der Waals surface area contributed by atoms with Gasteiger partial charge in [-0.15, -0.1) is 0 Å². The lowest BCUT2D eigenvalue weighted by atomic mass is 9.78. The second kappa shape index (κ2) is 5.32. The number of hydrogen-bond donors (Lipinski definition) is 2. The monoisotopic (exact) mass is 232 g/mol. The molecular weight excluding hydrogens is 212 g/mol. The van der Waals surface area contributed by atoms with Crippen molar-refractivity contribution in [2.24, 2.45) is 5.73 Å². The highest BCUT2D eigenvalue weighted by Crippen LogP contribution is 2.41. The minimum absolute atomic E-state index is 0.145. The predicted octanol–water partition coefficient (Wildman–Crippen LogP) is 1.57. The number of carbonyl (C=O) groups is 1. The number of amides is 1. The molecule has 1 aromatic carbocycles. The Morgan fingerprint density at radius 3 is 2.47 bits per heavy atom. The molecule has 3 heteroatoms. The molecule has 0 spiro atoms. The van der Waals surface area contributed by atoms with Crippen LogP contribution in [0.3, 0.4) is 0 Å². The first kappa shape index (κ1) is 12.1. The summed E-state index contributed by atoms with van der Waals surface area (Å²) in [5.74, 6) is 0.145. The lowest BCUT2D eigenvalue weighted by Crippen LogP contribution is -2.44. The molecule has 92 valence electrons. The van der Waals surface area contributed by atoms with Gasteiger partial charge in [-0.2, -0.15) is 0 Å². The SMILES string of the molecule is NCCNC(=O)C1(c2ccccc2)CCCC1. The molecule has 0 bridgehead atoms. The zero-order valence-corrected chi connectivity index (χ0v) is 10.1. The van der Waals surface area contributed by atoms with Crippen molar-refractivity contribution in [3.05, 3.63) is 35.9 Å². The molecule has 17 heavy (non-hydrogen) atoms. The summed E-state index contributed by atoms with van der Waals surface area (Å²) in [7, 11) is 0. The van der Waals surface area contributed by atoms with Crippen molar-refractivity contribution in [3.8, 4) is 0 Å². The van der Waals surface area contributed by atoms with Crippen LogP contribution in [0.1, 0.15) is 31.2 Å². The smallest absolute Gasteiger partial charge is 0.230 e.